The molecule has 0 aliphatic rings. The minimum Gasteiger partial charge on any atom is -0.388 e. The van der Waals surface area contributed by atoms with Crippen LogP contribution in [-0.2, 0) is 13.7 Å². The molecular formula is C14H16F2N2OS. The van der Waals surface area contributed by atoms with Gasteiger partial charge in [0.15, 0.2) is 0 Å². The fourth-order valence-corrected chi connectivity index (χ4v) is 3.28. The molecule has 1 aromatic carbocycles. The summed E-state index contributed by atoms with van der Waals surface area (Å²) in [7, 11) is 1.82. The lowest BCUT2D eigenvalue weighted by molar-refractivity contribution is 0.266. The van der Waals surface area contributed by atoms with Gasteiger partial charge in [-0.3, -0.25) is 0 Å². The normalized spacial score (nSPS) is 11.3. The maximum Gasteiger partial charge on any atom is 0.135 e. The van der Waals surface area contributed by atoms with Crippen LogP contribution in [0.5, 0.6) is 0 Å². The number of hydrogen-bond donors (Lipinski definition) is 1. The third-order valence-corrected chi connectivity index (χ3v) is 3.90. The number of benzene rings is 1. The van der Waals surface area contributed by atoms with E-state index in [2.05, 4.69) is 4.98 Å². The molecule has 0 radical (unpaired) electrons. The van der Waals surface area contributed by atoms with Crippen molar-refractivity contribution in [1.29, 1.82) is 0 Å². The van der Waals surface area contributed by atoms with Gasteiger partial charge in [-0.2, -0.15) is 0 Å². The van der Waals surface area contributed by atoms with Gasteiger partial charge in [0.2, 0.25) is 0 Å². The Kier molecular flexibility index (Phi) is 4.45. The van der Waals surface area contributed by atoms with Gasteiger partial charge < -0.3 is 9.67 Å². The molecule has 20 heavy (non-hydrogen) atoms. The molecule has 2 aromatic rings. The van der Waals surface area contributed by atoms with Crippen LogP contribution in [0.2, 0.25) is 0 Å². The van der Waals surface area contributed by atoms with Crippen molar-refractivity contribution in [3.05, 3.63) is 41.4 Å². The molecule has 108 valence electrons. The van der Waals surface area contributed by atoms with E-state index >= 15 is 0 Å². The first-order chi connectivity index (χ1) is 9.42. The van der Waals surface area contributed by atoms with Gasteiger partial charge in [0.25, 0.3) is 0 Å². The van der Waals surface area contributed by atoms with Crippen LogP contribution in [0.3, 0.4) is 0 Å². The van der Waals surface area contributed by atoms with Crippen LogP contribution in [-0.4, -0.2) is 14.7 Å². The highest BCUT2D eigenvalue weighted by atomic mass is 32.2. The maximum absolute atomic E-state index is 13.2. The third-order valence-electron chi connectivity index (χ3n) is 2.94. The Morgan fingerprint density at radius 1 is 1.25 bits per heavy atom. The van der Waals surface area contributed by atoms with E-state index in [0.29, 0.717) is 15.7 Å². The summed E-state index contributed by atoms with van der Waals surface area (Å²) in [6.45, 7) is 3.84. The van der Waals surface area contributed by atoms with Crippen LogP contribution >= 0.6 is 11.8 Å². The SMILES string of the molecule is CC(C)c1c(Sc2cc(F)cc(F)c2)nc(CO)n1C. The number of hydrogen-bond acceptors (Lipinski definition) is 3. The van der Waals surface area contributed by atoms with E-state index in [1.54, 1.807) is 0 Å². The first kappa shape index (κ1) is 15.0. The van der Waals surface area contributed by atoms with Crippen molar-refractivity contribution >= 4 is 11.8 Å². The topological polar surface area (TPSA) is 38.1 Å². The largest absolute Gasteiger partial charge is 0.388 e. The summed E-state index contributed by atoms with van der Waals surface area (Å²) in [6, 6.07) is 3.38. The summed E-state index contributed by atoms with van der Waals surface area (Å²) in [5.74, 6) is -0.504. The average Bonchev–Trinajstić information content (AvgIpc) is 2.64. The van der Waals surface area contributed by atoms with Crippen molar-refractivity contribution < 1.29 is 13.9 Å². The van der Waals surface area contributed by atoms with Gasteiger partial charge in [-0.05, 0) is 18.1 Å². The van der Waals surface area contributed by atoms with Crippen LogP contribution in [0.1, 0.15) is 31.3 Å². The Labute approximate surface area is 120 Å². The van der Waals surface area contributed by atoms with Crippen LogP contribution < -0.4 is 0 Å². The molecule has 0 saturated carbocycles. The second kappa shape index (κ2) is 5.93. The van der Waals surface area contributed by atoms with Crippen molar-refractivity contribution in [2.24, 2.45) is 7.05 Å². The van der Waals surface area contributed by atoms with E-state index in [1.165, 1.54) is 23.9 Å². The van der Waals surface area contributed by atoms with Gasteiger partial charge in [0.1, 0.15) is 29.1 Å². The molecule has 1 aromatic heterocycles. The Morgan fingerprint density at radius 3 is 2.35 bits per heavy atom. The first-order valence-corrected chi connectivity index (χ1v) is 7.04. The number of halogens is 2. The molecule has 0 atom stereocenters. The lowest BCUT2D eigenvalue weighted by Gasteiger charge is -2.10. The molecule has 1 N–H and O–H groups in total. The summed E-state index contributed by atoms with van der Waals surface area (Å²) >= 11 is 1.20. The van der Waals surface area contributed by atoms with Crippen LogP contribution in [0.4, 0.5) is 8.78 Å². The Hall–Kier alpha value is -1.40. The highest BCUT2D eigenvalue weighted by molar-refractivity contribution is 7.99. The highest BCUT2D eigenvalue weighted by Crippen LogP contribution is 2.34. The summed E-state index contributed by atoms with van der Waals surface area (Å²) in [5.41, 5.74) is 0.934. The Balaban J connectivity index is 2.42. The van der Waals surface area contributed by atoms with Crippen molar-refractivity contribution in [1.82, 2.24) is 9.55 Å². The Bertz CT molecular complexity index is 606. The van der Waals surface area contributed by atoms with Crippen molar-refractivity contribution in [2.45, 2.75) is 36.3 Å². The fourth-order valence-electron chi connectivity index (χ4n) is 2.08. The molecule has 0 aliphatic carbocycles. The molecule has 0 spiro atoms. The number of aliphatic hydroxyl groups is 1. The maximum atomic E-state index is 13.2. The molecule has 0 amide bonds. The van der Waals surface area contributed by atoms with Gasteiger partial charge in [-0.15, -0.1) is 0 Å². The van der Waals surface area contributed by atoms with Gasteiger partial charge in [-0.25, -0.2) is 13.8 Å². The average molecular weight is 298 g/mol. The predicted octanol–water partition coefficient (Wildman–Crippen LogP) is 3.47. The smallest absolute Gasteiger partial charge is 0.135 e. The lowest BCUT2D eigenvalue weighted by Crippen LogP contribution is -2.03. The number of nitrogens with zero attached hydrogens (tertiary/aromatic N) is 2. The molecule has 0 aliphatic heterocycles. The van der Waals surface area contributed by atoms with Crippen molar-refractivity contribution in [2.75, 3.05) is 0 Å². The molecular weight excluding hydrogens is 282 g/mol. The van der Waals surface area contributed by atoms with E-state index in [0.717, 1.165) is 11.8 Å². The summed E-state index contributed by atoms with van der Waals surface area (Å²) in [4.78, 5) is 4.79. The zero-order valence-corrected chi connectivity index (χ0v) is 12.3. The third kappa shape index (κ3) is 3.02. The molecule has 2 rings (SSSR count). The molecule has 6 heteroatoms. The van der Waals surface area contributed by atoms with Crippen LogP contribution in [0, 0.1) is 11.6 Å². The molecule has 0 fully saturated rings. The first-order valence-electron chi connectivity index (χ1n) is 6.22. The minimum absolute atomic E-state index is 0.172. The summed E-state index contributed by atoms with van der Waals surface area (Å²) in [5, 5.41) is 9.94. The van der Waals surface area contributed by atoms with Gasteiger partial charge in [-0.1, -0.05) is 25.6 Å². The van der Waals surface area contributed by atoms with E-state index in [4.69, 9.17) is 0 Å². The second-order valence-electron chi connectivity index (χ2n) is 4.80. The molecule has 0 bridgehead atoms. The fraction of sp³-hybridized carbons (Fsp3) is 0.357. The number of imidazole rings is 1. The summed E-state index contributed by atoms with van der Waals surface area (Å²) < 4.78 is 28.3. The minimum atomic E-state index is -0.614. The molecule has 0 saturated heterocycles. The van der Waals surface area contributed by atoms with E-state index in [-0.39, 0.29) is 12.5 Å². The van der Waals surface area contributed by atoms with Crippen molar-refractivity contribution in [3.8, 4) is 0 Å². The number of rotatable bonds is 4. The molecule has 1 heterocycles. The summed E-state index contributed by atoms with van der Waals surface area (Å²) in [6.07, 6.45) is 0. The van der Waals surface area contributed by atoms with E-state index < -0.39 is 11.6 Å². The Morgan fingerprint density at radius 2 is 1.85 bits per heavy atom. The van der Waals surface area contributed by atoms with Crippen molar-refractivity contribution in [3.63, 3.8) is 0 Å². The molecule has 0 unspecified atom stereocenters. The number of aliphatic hydroxyl groups excluding tert-OH is 1. The number of aromatic nitrogens is 2. The van der Waals surface area contributed by atoms with Gasteiger partial charge >= 0.3 is 0 Å². The predicted molar refractivity (Wildman–Crippen MR) is 73.7 cm³/mol. The van der Waals surface area contributed by atoms with E-state index in [1.807, 2.05) is 25.5 Å². The zero-order valence-electron chi connectivity index (χ0n) is 11.5. The monoisotopic (exact) mass is 298 g/mol. The van der Waals surface area contributed by atoms with Gasteiger partial charge in [0, 0.05) is 18.0 Å². The lowest BCUT2D eigenvalue weighted by atomic mass is 10.1. The zero-order chi connectivity index (χ0) is 14.9. The highest BCUT2D eigenvalue weighted by Gasteiger charge is 2.18. The second-order valence-corrected chi connectivity index (χ2v) is 5.86. The van der Waals surface area contributed by atoms with Crippen LogP contribution in [0.25, 0.3) is 0 Å². The van der Waals surface area contributed by atoms with Crippen LogP contribution in [0.15, 0.2) is 28.1 Å². The van der Waals surface area contributed by atoms with Gasteiger partial charge in [0.05, 0.1) is 5.69 Å². The quantitative estimate of drug-likeness (QED) is 0.939. The molecule has 3 nitrogen and oxygen atoms in total. The standard InChI is InChI=1S/C14H16F2N2OS/c1-8(2)13-14(17-12(7-19)18(13)3)20-11-5-9(15)4-10(16)6-11/h4-6,8,19H,7H2,1-3H3. The van der Waals surface area contributed by atoms with E-state index in [9.17, 15) is 13.9 Å².